The topological polar surface area (TPSA) is 36.4 Å². The van der Waals surface area contributed by atoms with Crippen LogP contribution < -0.4 is 4.90 Å². The first-order chi connectivity index (χ1) is 16.0. The van der Waals surface area contributed by atoms with E-state index in [1.54, 1.807) is 35.2 Å². The summed E-state index contributed by atoms with van der Waals surface area (Å²) in [5.41, 5.74) is 3.54. The zero-order chi connectivity index (χ0) is 23.2. The average molecular weight is 450 g/mol. The number of rotatable bonds is 7. The number of aromatic nitrogens is 1. The molecule has 2 aromatic carbocycles. The second-order valence-electron chi connectivity index (χ2n) is 8.68. The second-order valence-corrected chi connectivity index (χ2v) is 8.68. The molecule has 4 rings (SSSR count). The van der Waals surface area contributed by atoms with Crippen molar-refractivity contribution in [3.8, 4) is 0 Å². The van der Waals surface area contributed by atoms with Crippen LogP contribution in [0.25, 0.3) is 0 Å². The Bertz CT molecular complexity index is 1080. The van der Waals surface area contributed by atoms with Gasteiger partial charge in [0.2, 0.25) is 5.91 Å². The van der Waals surface area contributed by atoms with Gasteiger partial charge in [-0.2, -0.15) is 0 Å². The van der Waals surface area contributed by atoms with Gasteiger partial charge in [0, 0.05) is 50.9 Å². The van der Waals surface area contributed by atoms with E-state index in [-0.39, 0.29) is 17.5 Å². The maximum atomic E-state index is 13.9. The number of hydrogen-bond donors (Lipinski definition) is 0. The highest BCUT2D eigenvalue weighted by atomic mass is 19.1. The molecule has 1 fully saturated rings. The molecule has 172 valence electrons. The Morgan fingerprint density at radius 1 is 1.03 bits per heavy atom. The number of carbonyl (C=O) groups excluding carboxylic acids is 1. The lowest BCUT2D eigenvalue weighted by Gasteiger charge is -2.32. The van der Waals surface area contributed by atoms with E-state index in [9.17, 15) is 13.6 Å². The number of piperidine rings is 1. The van der Waals surface area contributed by atoms with E-state index in [2.05, 4.69) is 17.1 Å². The molecule has 1 amide bonds. The summed E-state index contributed by atoms with van der Waals surface area (Å²) in [6.45, 7) is 1.90. The molecular formula is C27H29F2N3O. The van der Waals surface area contributed by atoms with E-state index < -0.39 is 0 Å². The molecule has 1 aromatic heterocycles. The normalized spacial score (nSPS) is 14.3. The zero-order valence-electron chi connectivity index (χ0n) is 18.9. The number of hydrogen-bond acceptors (Lipinski definition) is 3. The van der Waals surface area contributed by atoms with Gasteiger partial charge < -0.3 is 9.80 Å². The van der Waals surface area contributed by atoms with Crippen molar-refractivity contribution >= 4 is 11.6 Å². The maximum Gasteiger partial charge on any atom is 0.224 e. The van der Waals surface area contributed by atoms with E-state index in [0.29, 0.717) is 44.1 Å². The number of para-hydroxylation sites is 1. The Morgan fingerprint density at radius 2 is 1.82 bits per heavy atom. The summed E-state index contributed by atoms with van der Waals surface area (Å²) in [4.78, 5) is 21.0. The van der Waals surface area contributed by atoms with Crippen molar-refractivity contribution in [2.45, 2.75) is 31.6 Å². The predicted octanol–water partition coefficient (Wildman–Crippen LogP) is 5.18. The molecular weight excluding hydrogens is 420 g/mol. The average Bonchev–Trinajstić information content (AvgIpc) is 2.83. The Labute approximate surface area is 193 Å². The van der Waals surface area contributed by atoms with Gasteiger partial charge in [0.05, 0.1) is 5.69 Å². The van der Waals surface area contributed by atoms with Crippen molar-refractivity contribution in [3.63, 3.8) is 0 Å². The van der Waals surface area contributed by atoms with Gasteiger partial charge in [0.25, 0.3) is 0 Å². The molecule has 4 nitrogen and oxygen atoms in total. The van der Waals surface area contributed by atoms with Gasteiger partial charge in [0.15, 0.2) is 0 Å². The Morgan fingerprint density at radius 3 is 2.52 bits per heavy atom. The zero-order valence-corrected chi connectivity index (χ0v) is 18.9. The lowest BCUT2D eigenvalue weighted by atomic mass is 9.92. The first kappa shape index (κ1) is 22.9. The molecule has 0 aliphatic carbocycles. The molecule has 1 aliphatic heterocycles. The lowest BCUT2D eigenvalue weighted by molar-refractivity contribution is -0.132. The molecule has 0 radical (unpaired) electrons. The second kappa shape index (κ2) is 10.6. The van der Waals surface area contributed by atoms with E-state index in [1.807, 2.05) is 24.2 Å². The summed E-state index contributed by atoms with van der Waals surface area (Å²) in [5.74, 6) is -0.0617. The van der Waals surface area contributed by atoms with Crippen LogP contribution in [-0.4, -0.2) is 42.5 Å². The highest BCUT2D eigenvalue weighted by molar-refractivity contribution is 5.77. The van der Waals surface area contributed by atoms with Crippen LogP contribution in [-0.2, 0) is 11.2 Å². The molecule has 3 aromatic rings. The van der Waals surface area contributed by atoms with Gasteiger partial charge >= 0.3 is 0 Å². The van der Waals surface area contributed by atoms with E-state index in [1.165, 1.54) is 12.1 Å². The van der Waals surface area contributed by atoms with Gasteiger partial charge in [-0.1, -0.05) is 30.3 Å². The van der Waals surface area contributed by atoms with Gasteiger partial charge in [-0.15, -0.1) is 0 Å². The minimum Gasteiger partial charge on any atom is -0.372 e. The molecule has 2 heterocycles. The molecule has 0 spiro atoms. The monoisotopic (exact) mass is 449 g/mol. The number of likely N-dealkylation sites (tertiary alicyclic amines) is 1. The Balaban J connectivity index is 1.25. The number of benzene rings is 2. The number of halogens is 2. The number of amides is 1. The van der Waals surface area contributed by atoms with E-state index >= 15 is 0 Å². The molecule has 6 heteroatoms. The van der Waals surface area contributed by atoms with Crippen LogP contribution in [0.15, 0.2) is 66.9 Å². The number of pyridine rings is 1. The Hall–Kier alpha value is -3.28. The van der Waals surface area contributed by atoms with Crippen LogP contribution in [0.3, 0.4) is 0 Å². The summed E-state index contributed by atoms with van der Waals surface area (Å²) in [7, 11) is 1.81. The van der Waals surface area contributed by atoms with Gasteiger partial charge in [0.1, 0.15) is 11.6 Å². The maximum absolute atomic E-state index is 13.9. The summed E-state index contributed by atoms with van der Waals surface area (Å²) in [6, 6.07) is 17.4. The van der Waals surface area contributed by atoms with Crippen molar-refractivity contribution in [3.05, 3.63) is 95.3 Å². The fourth-order valence-electron chi connectivity index (χ4n) is 4.39. The summed E-state index contributed by atoms with van der Waals surface area (Å²) >= 11 is 0. The predicted molar refractivity (Wildman–Crippen MR) is 126 cm³/mol. The minimum atomic E-state index is -0.275. The van der Waals surface area contributed by atoms with Gasteiger partial charge in [-0.05, 0) is 60.7 Å². The summed E-state index contributed by atoms with van der Waals surface area (Å²) < 4.78 is 27.3. The third-order valence-corrected chi connectivity index (χ3v) is 6.34. The van der Waals surface area contributed by atoms with Crippen LogP contribution in [0.2, 0.25) is 0 Å². The van der Waals surface area contributed by atoms with Gasteiger partial charge in [-0.3, -0.25) is 9.78 Å². The van der Waals surface area contributed by atoms with Crippen molar-refractivity contribution in [1.82, 2.24) is 9.88 Å². The van der Waals surface area contributed by atoms with Crippen molar-refractivity contribution in [2.75, 3.05) is 31.6 Å². The first-order valence-corrected chi connectivity index (χ1v) is 11.4. The van der Waals surface area contributed by atoms with Crippen molar-refractivity contribution in [1.29, 1.82) is 0 Å². The largest absolute Gasteiger partial charge is 0.372 e. The van der Waals surface area contributed by atoms with Crippen molar-refractivity contribution in [2.24, 2.45) is 0 Å². The van der Waals surface area contributed by atoms with Crippen molar-refractivity contribution < 1.29 is 13.6 Å². The molecule has 0 saturated carbocycles. The quantitative estimate of drug-likeness (QED) is 0.499. The molecule has 33 heavy (non-hydrogen) atoms. The first-order valence-electron chi connectivity index (χ1n) is 11.4. The van der Waals surface area contributed by atoms with Crippen LogP contribution in [0, 0.1) is 11.6 Å². The number of carbonyl (C=O) groups is 1. The number of nitrogens with zero attached hydrogens (tertiary/aromatic N) is 3. The molecule has 0 N–H and O–H groups in total. The SMILES string of the molecule is CN(CCC(=O)N1CCC(c2ccc(Cc3cccc(F)c3)cn2)CC1)c1ccccc1F. The fourth-order valence-corrected chi connectivity index (χ4v) is 4.39. The highest BCUT2D eigenvalue weighted by Crippen LogP contribution is 2.27. The summed E-state index contributed by atoms with van der Waals surface area (Å²) in [6.07, 6.45) is 4.65. The minimum absolute atomic E-state index is 0.107. The smallest absolute Gasteiger partial charge is 0.224 e. The van der Waals surface area contributed by atoms with Crippen LogP contribution >= 0.6 is 0 Å². The molecule has 1 saturated heterocycles. The van der Waals surface area contributed by atoms with Gasteiger partial charge in [-0.25, -0.2) is 8.78 Å². The highest BCUT2D eigenvalue weighted by Gasteiger charge is 2.24. The fraction of sp³-hybridized carbons (Fsp3) is 0.333. The summed E-state index contributed by atoms with van der Waals surface area (Å²) in [5, 5.41) is 0. The number of anilines is 1. The Kier molecular flexibility index (Phi) is 7.33. The van der Waals surface area contributed by atoms with Crippen LogP contribution in [0.5, 0.6) is 0 Å². The molecule has 0 unspecified atom stereocenters. The third-order valence-electron chi connectivity index (χ3n) is 6.34. The van der Waals surface area contributed by atoms with E-state index in [0.717, 1.165) is 29.7 Å². The van der Waals surface area contributed by atoms with Crippen LogP contribution in [0.1, 0.15) is 42.0 Å². The molecule has 0 bridgehead atoms. The molecule has 1 aliphatic rings. The van der Waals surface area contributed by atoms with Crippen LogP contribution in [0.4, 0.5) is 14.5 Å². The lowest BCUT2D eigenvalue weighted by Crippen LogP contribution is -2.39. The third kappa shape index (κ3) is 5.95. The molecule has 0 atom stereocenters. The standard InChI is InChI=1S/C27H29F2N3O/c1-31(26-8-3-2-7-24(26)29)14-13-27(33)32-15-11-22(12-16-32)25-10-9-21(19-30-25)17-20-5-4-6-23(28)18-20/h2-10,18-19,22H,11-17H2,1H3. The van der Waals surface area contributed by atoms with E-state index in [4.69, 9.17) is 0 Å².